The van der Waals surface area contributed by atoms with Gasteiger partial charge in [0.1, 0.15) is 5.82 Å². The number of pyridine rings is 1. The van der Waals surface area contributed by atoms with E-state index >= 15 is 0 Å². The van der Waals surface area contributed by atoms with Crippen molar-refractivity contribution >= 4 is 11.8 Å². The van der Waals surface area contributed by atoms with Gasteiger partial charge in [-0.2, -0.15) is 4.98 Å². The summed E-state index contributed by atoms with van der Waals surface area (Å²) in [6.45, 7) is 4.14. The third-order valence-corrected chi connectivity index (χ3v) is 2.31. The molecule has 2 N–H and O–H groups in total. The first kappa shape index (κ1) is 12.3. The van der Waals surface area contributed by atoms with Gasteiger partial charge in [0, 0.05) is 25.4 Å². The first-order valence-corrected chi connectivity index (χ1v) is 5.94. The van der Waals surface area contributed by atoms with Crippen LogP contribution < -0.4 is 10.6 Å². The van der Waals surface area contributed by atoms with Crippen molar-refractivity contribution in [3.05, 3.63) is 30.5 Å². The van der Waals surface area contributed by atoms with Crippen LogP contribution in [0.15, 0.2) is 30.5 Å². The molecule has 0 radical (unpaired) electrons. The second kappa shape index (κ2) is 5.44. The van der Waals surface area contributed by atoms with Crippen LogP contribution in [0.1, 0.15) is 13.8 Å². The summed E-state index contributed by atoms with van der Waals surface area (Å²) in [5, 5.41) is 6.23. The summed E-state index contributed by atoms with van der Waals surface area (Å²) in [5.41, 5.74) is 1.64. The summed E-state index contributed by atoms with van der Waals surface area (Å²) in [6, 6.07) is 7.99. The van der Waals surface area contributed by atoms with Crippen LogP contribution >= 0.6 is 0 Å². The number of nitrogens with one attached hydrogen (secondary N) is 2. The first-order valence-electron chi connectivity index (χ1n) is 5.94. The molecule has 94 valence electrons. The predicted molar refractivity (Wildman–Crippen MR) is 73.6 cm³/mol. The minimum absolute atomic E-state index is 0.321. The average Bonchev–Trinajstić information content (AvgIpc) is 2.38. The monoisotopic (exact) mass is 243 g/mol. The van der Waals surface area contributed by atoms with E-state index in [0.717, 1.165) is 17.2 Å². The van der Waals surface area contributed by atoms with E-state index in [2.05, 4.69) is 39.4 Å². The van der Waals surface area contributed by atoms with Crippen LogP contribution in [0.3, 0.4) is 0 Å². The van der Waals surface area contributed by atoms with E-state index in [-0.39, 0.29) is 0 Å². The van der Waals surface area contributed by atoms with E-state index in [4.69, 9.17) is 0 Å². The summed E-state index contributed by atoms with van der Waals surface area (Å²) < 4.78 is 0. The Labute approximate surface area is 107 Å². The molecule has 0 atom stereocenters. The molecule has 0 bridgehead atoms. The fraction of sp³-hybridized carbons (Fsp3) is 0.308. The minimum atomic E-state index is 0.321. The van der Waals surface area contributed by atoms with E-state index in [0.29, 0.717) is 12.0 Å². The van der Waals surface area contributed by atoms with Gasteiger partial charge in [-0.3, -0.25) is 4.98 Å². The smallest absolute Gasteiger partial charge is 0.224 e. The lowest BCUT2D eigenvalue weighted by Crippen LogP contribution is -2.12. The standard InChI is InChI=1S/C13H17N5/c1-9(2)16-12-8-11(17-13(14-3)18-12)10-6-4-5-7-15-10/h4-9H,1-3H3,(H2,14,16,17,18). The van der Waals surface area contributed by atoms with Crippen molar-refractivity contribution in [2.45, 2.75) is 19.9 Å². The molecule has 0 aliphatic heterocycles. The lowest BCUT2D eigenvalue weighted by atomic mass is 10.2. The Morgan fingerprint density at radius 3 is 2.56 bits per heavy atom. The van der Waals surface area contributed by atoms with E-state index in [1.165, 1.54) is 0 Å². The SMILES string of the molecule is CNc1nc(NC(C)C)cc(-c2ccccn2)n1. The van der Waals surface area contributed by atoms with Crippen LogP contribution in [-0.2, 0) is 0 Å². The maximum Gasteiger partial charge on any atom is 0.224 e. The van der Waals surface area contributed by atoms with Gasteiger partial charge >= 0.3 is 0 Å². The molecular formula is C13H17N5. The fourth-order valence-electron chi connectivity index (χ4n) is 1.57. The van der Waals surface area contributed by atoms with E-state index in [9.17, 15) is 0 Å². The normalized spacial score (nSPS) is 10.4. The molecule has 0 fully saturated rings. The molecule has 5 nitrogen and oxygen atoms in total. The van der Waals surface area contributed by atoms with Crippen LogP contribution in [0.5, 0.6) is 0 Å². The highest BCUT2D eigenvalue weighted by molar-refractivity contribution is 5.60. The van der Waals surface area contributed by atoms with Crippen molar-refractivity contribution in [2.75, 3.05) is 17.7 Å². The van der Waals surface area contributed by atoms with Crippen molar-refractivity contribution < 1.29 is 0 Å². The molecule has 0 unspecified atom stereocenters. The highest BCUT2D eigenvalue weighted by Crippen LogP contribution is 2.19. The van der Waals surface area contributed by atoms with E-state index in [1.54, 1.807) is 13.2 Å². The summed E-state index contributed by atoms with van der Waals surface area (Å²) in [6.07, 6.45) is 1.76. The molecule has 0 aliphatic carbocycles. The van der Waals surface area contributed by atoms with Crippen LogP contribution in [0.25, 0.3) is 11.4 Å². The van der Waals surface area contributed by atoms with E-state index < -0.39 is 0 Å². The Morgan fingerprint density at radius 2 is 1.94 bits per heavy atom. The van der Waals surface area contributed by atoms with Crippen molar-refractivity contribution in [3.8, 4) is 11.4 Å². The minimum Gasteiger partial charge on any atom is -0.368 e. The van der Waals surface area contributed by atoms with E-state index in [1.807, 2.05) is 24.3 Å². The van der Waals surface area contributed by atoms with Crippen molar-refractivity contribution in [1.82, 2.24) is 15.0 Å². The molecule has 5 heteroatoms. The number of hydrogen-bond donors (Lipinski definition) is 2. The second-order valence-corrected chi connectivity index (χ2v) is 4.23. The number of nitrogens with zero attached hydrogens (tertiary/aromatic N) is 3. The lowest BCUT2D eigenvalue weighted by molar-refractivity contribution is 0.887. The number of rotatable bonds is 4. The molecule has 0 saturated heterocycles. The molecule has 0 spiro atoms. The molecule has 2 aromatic heterocycles. The fourth-order valence-corrected chi connectivity index (χ4v) is 1.57. The summed E-state index contributed by atoms with van der Waals surface area (Å²) >= 11 is 0. The number of aromatic nitrogens is 3. The Kier molecular flexibility index (Phi) is 3.72. The number of anilines is 2. The van der Waals surface area contributed by atoms with Gasteiger partial charge in [-0.05, 0) is 26.0 Å². The van der Waals surface area contributed by atoms with Gasteiger partial charge in [-0.1, -0.05) is 6.07 Å². The molecular weight excluding hydrogens is 226 g/mol. The first-order chi connectivity index (χ1) is 8.69. The van der Waals surface area contributed by atoms with Crippen LogP contribution in [-0.4, -0.2) is 28.0 Å². The molecule has 0 aliphatic rings. The van der Waals surface area contributed by atoms with Gasteiger partial charge < -0.3 is 10.6 Å². The van der Waals surface area contributed by atoms with Crippen molar-refractivity contribution in [3.63, 3.8) is 0 Å². The third-order valence-electron chi connectivity index (χ3n) is 2.31. The maximum absolute atomic E-state index is 4.40. The van der Waals surface area contributed by atoms with Gasteiger partial charge in [-0.25, -0.2) is 4.98 Å². The Hall–Kier alpha value is -2.17. The summed E-state index contributed by atoms with van der Waals surface area (Å²) in [7, 11) is 1.80. The maximum atomic E-state index is 4.40. The van der Waals surface area contributed by atoms with Gasteiger partial charge in [0.05, 0.1) is 11.4 Å². The highest BCUT2D eigenvalue weighted by Gasteiger charge is 2.07. The van der Waals surface area contributed by atoms with Gasteiger partial charge in [0.2, 0.25) is 5.95 Å². The molecule has 0 amide bonds. The van der Waals surface area contributed by atoms with Gasteiger partial charge in [0.15, 0.2) is 0 Å². The molecule has 0 aromatic carbocycles. The molecule has 18 heavy (non-hydrogen) atoms. The second-order valence-electron chi connectivity index (χ2n) is 4.23. The molecule has 0 saturated carbocycles. The molecule has 2 heterocycles. The highest BCUT2D eigenvalue weighted by atomic mass is 15.1. The predicted octanol–water partition coefficient (Wildman–Crippen LogP) is 2.40. The zero-order valence-electron chi connectivity index (χ0n) is 10.8. The molecule has 2 aromatic rings. The van der Waals surface area contributed by atoms with Gasteiger partial charge in [0.25, 0.3) is 0 Å². The third kappa shape index (κ3) is 2.94. The van der Waals surface area contributed by atoms with Gasteiger partial charge in [-0.15, -0.1) is 0 Å². The zero-order chi connectivity index (χ0) is 13.0. The van der Waals surface area contributed by atoms with Crippen LogP contribution in [0.4, 0.5) is 11.8 Å². The van der Waals surface area contributed by atoms with Crippen molar-refractivity contribution in [1.29, 1.82) is 0 Å². The largest absolute Gasteiger partial charge is 0.368 e. The Balaban J connectivity index is 2.41. The topological polar surface area (TPSA) is 62.7 Å². The average molecular weight is 243 g/mol. The zero-order valence-corrected chi connectivity index (χ0v) is 10.8. The lowest BCUT2D eigenvalue weighted by Gasteiger charge is -2.11. The summed E-state index contributed by atoms with van der Waals surface area (Å²) in [5.74, 6) is 1.38. The molecule has 2 rings (SSSR count). The Morgan fingerprint density at radius 1 is 1.11 bits per heavy atom. The quantitative estimate of drug-likeness (QED) is 0.863. The van der Waals surface area contributed by atoms with Crippen LogP contribution in [0, 0.1) is 0 Å². The summed E-state index contributed by atoms with van der Waals surface area (Å²) in [4.78, 5) is 13.1. The number of hydrogen-bond acceptors (Lipinski definition) is 5. The van der Waals surface area contributed by atoms with Crippen molar-refractivity contribution in [2.24, 2.45) is 0 Å². The Bertz CT molecular complexity index is 510. The van der Waals surface area contributed by atoms with Crippen LogP contribution in [0.2, 0.25) is 0 Å².